The second-order valence-corrected chi connectivity index (χ2v) is 7.29. The summed E-state index contributed by atoms with van der Waals surface area (Å²) in [5.74, 6) is 2.14. The normalized spacial score (nSPS) is 10.9. The van der Waals surface area contributed by atoms with E-state index < -0.39 is 0 Å². The Labute approximate surface area is 157 Å². The summed E-state index contributed by atoms with van der Waals surface area (Å²) >= 11 is 1.52. The molecule has 0 aliphatic heterocycles. The lowest BCUT2D eigenvalue weighted by atomic mass is 10.1. The summed E-state index contributed by atoms with van der Waals surface area (Å²) in [7, 11) is 1.60. The van der Waals surface area contributed by atoms with Gasteiger partial charge in [-0.05, 0) is 24.1 Å². The minimum atomic E-state index is -0.353. The van der Waals surface area contributed by atoms with Crippen LogP contribution in [-0.2, 0) is 23.5 Å². The van der Waals surface area contributed by atoms with Gasteiger partial charge in [0.25, 0.3) is 0 Å². The summed E-state index contributed by atoms with van der Waals surface area (Å²) in [4.78, 5) is 22.1. The number of aryl methyl sites for hydroxylation is 1. The number of nitrogens with zero attached hydrogens (tertiary/aromatic N) is 3. The standard InChI is InChI=1S/C18H24N4O3S/c1-12(2)9-22-17(7-6-16(19)24)20-21-18(22)26-11-14-8-13(10-23)4-5-15(14)25-3/h4-5,8,10,12H,6-7,9,11H2,1-3H3,(H2,19,24). The van der Waals surface area contributed by atoms with Crippen LogP contribution in [0.5, 0.6) is 5.75 Å². The van der Waals surface area contributed by atoms with Gasteiger partial charge in [-0.1, -0.05) is 25.6 Å². The van der Waals surface area contributed by atoms with Gasteiger partial charge in [-0.2, -0.15) is 0 Å². The van der Waals surface area contributed by atoms with E-state index in [1.807, 2.05) is 10.6 Å². The number of ether oxygens (including phenoxy) is 1. The first kappa shape index (κ1) is 20.0. The Balaban J connectivity index is 2.20. The van der Waals surface area contributed by atoms with Crippen molar-refractivity contribution < 1.29 is 14.3 Å². The van der Waals surface area contributed by atoms with Crippen molar-refractivity contribution in [2.75, 3.05) is 7.11 Å². The minimum Gasteiger partial charge on any atom is -0.496 e. The largest absolute Gasteiger partial charge is 0.496 e. The topological polar surface area (TPSA) is 100 Å². The number of carbonyl (C=O) groups excluding carboxylic acids is 2. The van der Waals surface area contributed by atoms with Crippen molar-refractivity contribution in [3.8, 4) is 5.75 Å². The fourth-order valence-corrected chi connectivity index (χ4v) is 3.47. The highest BCUT2D eigenvalue weighted by atomic mass is 32.2. The van der Waals surface area contributed by atoms with Crippen molar-refractivity contribution in [3.05, 3.63) is 35.2 Å². The van der Waals surface area contributed by atoms with Crippen LogP contribution in [0.3, 0.4) is 0 Å². The number of methoxy groups -OCH3 is 1. The zero-order chi connectivity index (χ0) is 19.1. The summed E-state index contributed by atoms with van der Waals surface area (Å²) in [6.45, 7) is 4.99. The third kappa shape index (κ3) is 5.32. The molecule has 0 fully saturated rings. The fourth-order valence-electron chi connectivity index (χ4n) is 2.52. The number of primary amides is 1. The number of thioether (sulfide) groups is 1. The van der Waals surface area contributed by atoms with Crippen molar-refractivity contribution in [1.82, 2.24) is 14.8 Å². The van der Waals surface area contributed by atoms with Crippen LogP contribution in [0.25, 0.3) is 0 Å². The lowest BCUT2D eigenvalue weighted by Gasteiger charge is -2.13. The second-order valence-electron chi connectivity index (χ2n) is 6.35. The monoisotopic (exact) mass is 376 g/mol. The highest BCUT2D eigenvalue weighted by molar-refractivity contribution is 7.98. The van der Waals surface area contributed by atoms with Crippen molar-refractivity contribution >= 4 is 24.0 Å². The van der Waals surface area contributed by atoms with E-state index in [1.165, 1.54) is 11.8 Å². The molecule has 2 N–H and O–H groups in total. The Morgan fingerprint density at radius 2 is 2.15 bits per heavy atom. The van der Waals surface area contributed by atoms with E-state index in [1.54, 1.807) is 19.2 Å². The number of carbonyl (C=O) groups is 2. The molecule has 0 unspecified atom stereocenters. The molecule has 1 heterocycles. The van der Waals surface area contributed by atoms with Gasteiger partial charge in [0.05, 0.1) is 7.11 Å². The van der Waals surface area contributed by atoms with Crippen molar-refractivity contribution in [1.29, 1.82) is 0 Å². The Morgan fingerprint density at radius 1 is 1.38 bits per heavy atom. The maximum atomic E-state index is 11.1. The molecule has 1 aromatic carbocycles. The van der Waals surface area contributed by atoms with Crippen LogP contribution in [0.2, 0.25) is 0 Å². The van der Waals surface area contributed by atoms with Gasteiger partial charge < -0.3 is 15.0 Å². The number of hydrogen-bond donors (Lipinski definition) is 1. The highest BCUT2D eigenvalue weighted by Crippen LogP contribution is 2.28. The summed E-state index contributed by atoms with van der Waals surface area (Å²) in [5.41, 5.74) is 6.77. The number of benzene rings is 1. The van der Waals surface area contributed by atoms with Gasteiger partial charge in [-0.3, -0.25) is 9.59 Å². The predicted octanol–water partition coefficient (Wildman–Crippen LogP) is 2.47. The molecule has 7 nitrogen and oxygen atoms in total. The maximum Gasteiger partial charge on any atom is 0.217 e. The molecule has 26 heavy (non-hydrogen) atoms. The summed E-state index contributed by atoms with van der Waals surface area (Å²) in [6.07, 6.45) is 1.53. The first-order chi connectivity index (χ1) is 12.4. The van der Waals surface area contributed by atoms with Gasteiger partial charge in [-0.25, -0.2) is 0 Å². The third-order valence-corrected chi connectivity index (χ3v) is 4.75. The molecule has 1 aromatic heterocycles. The van der Waals surface area contributed by atoms with E-state index >= 15 is 0 Å². The average Bonchev–Trinajstić information content (AvgIpc) is 2.98. The van der Waals surface area contributed by atoms with Crippen molar-refractivity contribution in [2.45, 2.75) is 44.1 Å². The van der Waals surface area contributed by atoms with E-state index in [-0.39, 0.29) is 12.3 Å². The van der Waals surface area contributed by atoms with E-state index in [0.717, 1.165) is 35.1 Å². The van der Waals surface area contributed by atoms with Gasteiger partial charge in [0.1, 0.15) is 17.9 Å². The van der Waals surface area contributed by atoms with Crippen molar-refractivity contribution in [2.24, 2.45) is 11.7 Å². The predicted molar refractivity (Wildman–Crippen MR) is 100 cm³/mol. The smallest absolute Gasteiger partial charge is 0.217 e. The quantitative estimate of drug-likeness (QED) is 0.505. The molecular formula is C18H24N4O3S. The van der Waals surface area contributed by atoms with E-state index in [4.69, 9.17) is 10.5 Å². The molecule has 2 rings (SSSR count). The Hall–Kier alpha value is -2.35. The Kier molecular flexibility index (Phi) is 7.20. The van der Waals surface area contributed by atoms with Crippen LogP contribution in [0.4, 0.5) is 0 Å². The SMILES string of the molecule is COc1ccc(C=O)cc1CSc1nnc(CCC(N)=O)n1CC(C)C. The van der Waals surface area contributed by atoms with Crippen LogP contribution in [0.15, 0.2) is 23.4 Å². The number of rotatable bonds is 10. The number of aldehydes is 1. The third-order valence-electron chi connectivity index (χ3n) is 3.73. The van der Waals surface area contributed by atoms with Crippen LogP contribution in [0.1, 0.15) is 42.0 Å². The first-order valence-corrected chi connectivity index (χ1v) is 9.38. The molecule has 8 heteroatoms. The van der Waals surface area contributed by atoms with E-state index in [2.05, 4.69) is 24.0 Å². The van der Waals surface area contributed by atoms with Crippen LogP contribution < -0.4 is 10.5 Å². The summed E-state index contributed by atoms with van der Waals surface area (Å²) in [6, 6.07) is 5.33. The number of hydrogen-bond acceptors (Lipinski definition) is 6. The van der Waals surface area contributed by atoms with Crippen molar-refractivity contribution in [3.63, 3.8) is 0 Å². The van der Waals surface area contributed by atoms with Gasteiger partial charge in [0.15, 0.2) is 5.16 Å². The number of aromatic nitrogens is 3. The molecule has 2 aromatic rings. The van der Waals surface area contributed by atoms with Gasteiger partial charge in [0.2, 0.25) is 5.91 Å². The van der Waals surface area contributed by atoms with Crippen LogP contribution in [-0.4, -0.2) is 34.1 Å². The van der Waals surface area contributed by atoms with Gasteiger partial charge in [-0.15, -0.1) is 10.2 Å². The zero-order valence-electron chi connectivity index (χ0n) is 15.3. The average molecular weight is 376 g/mol. The summed E-state index contributed by atoms with van der Waals surface area (Å²) < 4.78 is 7.41. The molecule has 1 amide bonds. The van der Waals surface area contributed by atoms with E-state index in [0.29, 0.717) is 23.7 Å². The minimum absolute atomic E-state index is 0.246. The van der Waals surface area contributed by atoms with Crippen LogP contribution in [0, 0.1) is 5.92 Å². The maximum absolute atomic E-state index is 11.1. The molecular weight excluding hydrogens is 352 g/mol. The van der Waals surface area contributed by atoms with Gasteiger partial charge >= 0.3 is 0 Å². The molecule has 0 saturated carbocycles. The number of amides is 1. The lowest BCUT2D eigenvalue weighted by Crippen LogP contribution is -2.15. The van der Waals surface area contributed by atoms with Gasteiger partial charge in [0, 0.05) is 36.3 Å². The second kappa shape index (κ2) is 9.38. The Morgan fingerprint density at radius 3 is 2.77 bits per heavy atom. The molecule has 0 aliphatic rings. The zero-order valence-corrected chi connectivity index (χ0v) is 16.1. The first-order valence-electron chi connectivity index (χ1n) is 8.39. The molecule has 0 aliphatic carbocycles. The fraction of sp³-hybridized carbons (Fsp3) is 0.444. The molecule has 140 valence electrons. The summed E-state index contributed by atoms with van der Waals surface area (Å²) in [5, 5.41) is 9.28. The Bertz CT molecular complexity index is 774. The van der Waals surface area contributed by atoms with E-state index in [9.17, 15) is 9.59 Å². The molecule has 0 radical (unpaired) electrons. The molecule has 0 bridgehead atoms. The lowest BCUT2D eigenvalue weighted by molar-refractivity contribution is -0.118. The molecule has 0 atom stereocenters. The highest BCUT2D eigenvalue weighted by Gasteiger charge is 2.15. The number of nitrogens with two attached hydrogens (primary N) is 1. The molecule has 0 saturated heterocycles. The van der Waals surface area contributed by atoms with Crippen LogP contribution >= 0.6 is 11.8 Å². The molecule has 0 spiro atoms.